The van der Waals surface area contributed by atoms with Crippen molar-refractivity contribution in [2.24, 2.45) is 11.8 Å². The predicted molar refractivity (Wildman–Crippen MR) is 80.6 cm³/mol. The average Bonchev–Trinajstić information content (AvgIpc) is 3.18. The number of likely N-dealkylation sites (tertiary alicyclic amines) is 1. The van der Waals surface area contributed by atoms with E-state index in [0.717, 1.165) is 37.9 Å². The van der Waals surface area contributed by atoms with E-state index in [2.05, 4.69) is 24.1 Å². The molecular formula is C16H30N2O2. The van der Waals surface area contributed by atoms with Gasteiger partial charge in [0.15, 0.2) is 0 Å². The van der Waals surface area contributed by atoms with Gasteiger partial charge in [-0.15, -0.1) is 0 Å². The van der Waals surface area contributed by atoms with Gasteiger partial charge in [0.05, 0.1) is 7.11 Å². The topological polar surface area (TPSA) is 41.6 Å². The SMILES string of the molecule is COC(=O)C(C)(CCN1CC(C)CC(C)C1)NC1CC1. The van der Waals surface area contributed by atoms with E-state index in [-0.39, 0.29) is 5.97 Å². The number of rotatable bonds is 6. The van der Waals surface area contributed by atoms with Crippen LogP contribution in [0.2, 0.25) is 0 Å². The van der Waals surface area contributed by atoms with Crippen LogP contribution in [0.5, 0.6) is 0 Å². The van der Waals surface area contributed by atoms with Crippen molar-refractivity contribution in [3.8, 4) is 0 Å². The van der Waals surface area contributed by atoms with Crippen LogP contribution in [0.4, 0.5) is 0 Å². The average molecular weight is 282 g/mol. The van der Waals surface area contributed by atoms with Gasteiger partial charge in [-0.1, -0.05) is 13.8 Å². The van der Waals surface area contributed by atoms with E-state index in [1.807, 2.05) is 6.92 Å². The van der Waals surface area contributed by atoms with Gasteiger partial charge >= 0.3 is 5.97 Å². The van der Waals surface area contributed by atoms with Gasteiger partial charge in [0.25, 0.3) is 0 Å². The Morgan fingerprint density at radius 3 is 2.40 bits per heavy atom. The molecule has 3 unspecified atom stereocenters. The van der Waals surface area contributed by atoms with Gasteiger partial charge < -0.3 is 9.64 Å². The fraction of sp³-hybridized carbons (Fsp3) is 0.938. The second kappa shape index (κ2) is 6.44. The largest absolute Gasteiger partial charge is 0.468 e. The van der Waals surface area contributed by atoms with E-state index in [1.54, 1.807) is 0 Å². The van der Waals surface area contributed by atoms with Crippen molar-refractivity contribution in [1.82, 2.24) is 10.2 Å². The first-order valence-electron chi connectivity index (χ1n) is 8.01. The van der Waals surface area contributed by atoms with Crippen LogP contribution in [-0.2, 0) is 9.53 Å². The van der Waals surface area contributed by atoms with Gasteiger partial charge in [-0.2, -0.15) is 0 Å². The van der Waals surface area contributed by atoms with Crippen molar-refractivity contribution in [3.05, 3.63) is 0 Å². The predicted octanol–water partition coefficient (Wildman–Crippen LogP) is 2.04. The summed E-state index contributed by atoms with van der Waals surface area (Å²) in [7, 11) is 1.49. The zero-order chi connectivity index (χ0) is 14.8. The van der Waals surface area contributed by atoms with Gasteiger partial charge in [-0.3, -0.25) is 10.1 Å². The Labute approximate surface area is 123 Å². The summed E-state index contributed by atoms with van der Waals surface area (Å²) in [5.41, 5.74) is -0.528. The fourth-order valence-electron chi connectivity index (χ4n) is 3.49. The molecule has 0 aromatic carbocycles. The van der Waals surface area contributed by atoms with E-state index in [9.17, 15) is 4.79 Å². The first-order valence-corrected chi connectivity index (χ1v) is 8.01. The van der Waals surface area contributed by atoms with Gasteiger partial charge in [-0.05, 0) is 44.4 Å². The van der Waals surface area contributed by atoms with Crippen molar-refractivity contribution in [2.45, 2.75) is 58.0 Å². The Kier molecular flexibility index (Phi) is 5.08. The number of hydrogen-bond donors (Lipinski definition) is 1. The molecule has 1 saturated carbocycles. The number of piperidine rings is 1. The monoisotopic (exact) mass is 282 g/mol. The molecule has 0 bridgehead atoms. The summed E-state index contributed by atoms with van der Waals surface area (Å²) >= 11 is 0. The summed E-state index contributed by atoms with van der Waals surface area (Å²) in [5.74, 6) is 1.40. The maximum absolute atomic E-state index is 12.1. The fourth-order valence-corrected chi connectivity index (χ4v) is 3.49. The van der Waals surface area contributed by atoms with Crippen LogP contribution in [0.15, 0.2) is 0 Å². The van der Waals surface area contributed by atoms with Crippen LogP contribution >= 0.6 is 0 Å². The maximum atomic E-state index is 12.1. The quantitative estimate of drug-likeness (QED) is 0.757. The third-order valence-corrected chi connectivity index (χ3v) is 4.61. The molecule has 2 aliphatic rings. The van der Waals surface area contributed by atoms with Crippen LogP contribution in [-0.4, -0.2) is 49.2 Å². The molecule has 1 heterocycles. The third kappa shape index (κ3) is 4.19. The normalized spacial score (nSPS) is 30.8. The standard InChI is InChI=1S/C16H30N2O2/c1-12-9-13(2)11-18(10-12)8-7-16(3,15(19)20-4)17-14-5-6-14/h12-14,17H,5-11H2,1-4H3. The molecule has 20 heavy (non-hydrogen) atoms. The molecule has 4 nitrogen and oxygen atoms in total. The lowest BCUT2D eigenvalue weighted by Crippen LogP contribution is -2.53. The number of carbonyl (C=O) groups excluding carboxylic acids is 1. The highest BCUT2D eigenvalue weighted by Crippen LogP contribution is 2.26. The molecule has 0 spiro atoms. The van der Waals surface area contributed by atoms with Crippen molar-refractivity contribution in [1.29, 1.82) is 0 Å². The first-order chi connectivity index (χ1) is 9.43. The molecule has 4 heteroatoms. The molecule has 2 rings (SSSR count). The molecule has 1 aliphatic carbocycles. The molecule has 0 radical (unpaired) electrons. The van der Waals surface area contributed by atoms with E-state index >= 15 is 0 Å². The van der Waals surface area contributed by atoms with Crippen molar-refractivity contribution in [3.63, 3.8) is 0 Å². The summed E-state index contributed by atoms with van der Waals surface area (Å²) in [6.45, 7) is 9.93. The Morgan fingerprint density at radius 1 is 1.30 bits per heavy atom. The summed E-state index contributed by atoms with van der Waals surface area (Å²) < 4.78 is 5.01. The lowest BCUT2D eigenvalue weighted by atomic mass is 9.90. The molecule has 116 valence electrons. The Hall–Kier alpha value is -0.610. The summed E-state index contributed by atoms with van der Waals surface area (Å²) in [5, 5.41) is 3.48. The maximum Gasteiger partial charge on any atom is 0.325 e. The zero-order valence-electron chi connectivity index (χ0n) is 13.4. The van der Waals surface area contributed by atoms with Crippen LogP contribution in [0.3, 0.4) is 0 Å². The second-order valence-electron chi connectivity index (χ2n) is 7.20. The van der Waals surface area contributed by atoms with E-state index < -0.39 is 5.54 Å². The summed E-state index contributed by atoms with van der Waals surface area (Å²) in [6.07, 6.45) is 4.52. The highest BCUT2D eigenvalue weighted by atomic mass is 16.5. The summed E-state index contributed by atoms with van der Waals surface area (Å²) in [4.78, 5) is 14.6. The Bertz CT molecular complexity index is 333. The van der Waals surface area contributed by atoms with Crippen LogP contribution < -0.4 is 5.32 Å². The molecule has 3 atom stereocenters. The molecule has 0 amide bonds. The lowest BCUT2D eigenvalue weighted by molar-refractivity contribution is -0.148. The zero-order valence-corrected chi connectivity index (χ0v) is 13.4. The number of nitrogens with one attached hydrogen (secondary N) is 1. The van der Waals surface area contributed by atoms with Gasteiger partial charge in [-0.25, -0.2) is 0 Å². The molecule has 0 aromatic rings. The van der Waals surface area contributed by atoms with E-state index in [0.29, 0.717) is 6.04 Å². The highest BCUT2D eigenvalue weighted by molar-refractivity contribution is 5.80. The number of hydrogen-bond acceptors (Lipinski definition) is 4. The van der Waals surface area contributed by atoms with E-state index in [4.69, 9.17) is 4.74 Å². The van der Waals surface area contributed by atoms with Crippen LogP contribution in [0.1, 0.15) is 46.5 Å². The third-order valence-electron chi connectivity index (χ3n) is 4.61. The van der Waals surface area contributed by atoms with Crippen molar-refractivity contribution < 1.29 is 9.53 Å². The van der Waals surface area contributed by atoms with Crippen molar-refractivity contribution in [2.75, 3.05) is 26.7 Å². The number of carbonyl (C=O) groups is 1. The molecular weight excluding hydrogens is 252 g/mol. The molecule has 2 fully saturated rings. The summed E-state index contributed by atoms with van der Waals surface area (Å²) in [6, 6.07) is 0.512. The van der Waals surface area contributed by atoms with Gasteiger partial charge in [0.1, 0.15) is 5.54 Å². The minimum atomic E-state index is -0.528. The van der Waals surface area contributed by atoms with Crippen LogP contribution in [0, 0.1) is 11.8 Å². The number of ether oxygens (including phenoxy) is 1. The Morgan fingerprint density at radius 2 is 1.90 bits per heavy atom. The van der Waals surface area contributed by atoms with Gasteiger partial charge in [0, 0.05) is 25.7 Å². The lowest BCUT2D eigenvalue weighted by Gasteiger charge is -2.37. The molecule has 1 aliphatic heterocycles. The number of esters is 1. The molecule has 1 N–H and O–H groups in total. The minimum absolute atomic E-state index is 0.123. The number of nitrogens with zero attached hydrogens (tertiary/aromatic N) is 1. The second-order valence-corrected chi connectivity index (χ2v) is 7.20. The van der Waals surface area contributed by atoms with E-state index in [1.165, 1.54) is 26.4 Å². The Balaban J connectivity index is 1.88. The molecule has 0 aromatic heterocycles. The smallest absolute Gasteiger partial charge is 0.325 e. The number of methoxy groups -OCH3 is 1. The first kappa shape index (κ1) is 15.8. The van der Waals surface area contributed by atoms with Crippen LogP contribution in [0.25, 0.3) is 0 Å². The minimum Gasteiger partial charge on any atom is -0.468 e. The van der Waals surface area contributed by atoms with Crippen molar-refractivity contribution >= 4 is 5.97 Å². The highest BCUT2D eigenvalue weighted by Gasteiger charge is 2.39. The van der Waals surface area contributed by atoms with Gasteiger partial charge in [0.2, 0.25) is 0 Å². The molecule has 1 saturated heterocycles.